The maximum absolute atomic E-state index is 6.38. The molecule has 220 valence electrons. The molecule has 5 heteroatoms. The summed E-state index contributed by atoms with van der Waals surface area (Å²) in [5.74, 6) is 0.616. The number of aromatic nitrogens is 1. The van der Waals surface area contributed by atoms with Gasteiger partial charge in [0.15, 0.2) is 0 Å². The fourth-order valence-corrected chi connectivity index (χ4v) is 8.85. The van der Waals surface area contributed by atoms with Crippen molar-refractivity contribution in [3.05, 3.63) is 145 Å². The molecule has 0 saturated heterocycles. The van der Waals surface area contributed by atoms with Crippen LogP contribution in [0.2, 0.25) is 0 Å². The Bertz CT molecular complexity index is 2960. The fourth-order valence-electron chi connectivity index (χ4n) is 7.70. The molecule has 3 aromatic heterocycles. The van der Waals surface area contributed by atoms with Gasteiger partial charge >= 0.3 is 0 Å². The van der Waals surface area contributed by atoms with E-state index in [2.05, 4.69) is 137 Å². The molecule has 1 N–H and O–H groups in total. The lowest BCUT2D eigenvalue weighted by Gasteiger charge is -2.28. The molecule has 1 aliphatic rings. The second kappa shape index (κ2) is 9.32. The van der Waals surface area contributed by atoms with E-state index in [1.807, 2.05) is 23.5 Å². The molecule has 0 saturated carbocycles. The second-order valence-corrected chi connectivity index (χ2v) is 13.5. The van der Waals surface area contributed by atoms with Gasteiger partial charge in [-0.3, -0.25) is 0 Å². The molecular formula is C42H25N3OS. The van der Waals surface area contributed by atoms with Gasteiger partial charge in [-0.05, 0) is 64.0 Å². The van der Waals surface area contributed by atoms with Crippen LogP contribution in [0.4, 0.5) is 11.6 Å². The number of para-hydroxylation sites is 1. The zero-order chi connectivity index (χ0) is 30.6. The van der Waals surface area contributed by atoms with Gasteiger partial charge < -0.3 is 14.3 Å². The third kappa shape index (κ3) is 3.55. The van der Waals surface area contributed by atoms with Crippen molar-refractivity contribution >= 4 is 103 Å². The number of nitrogens with zero attached hydrogens (tertiary/aromatic N) is 2. The molecule has 10 aromatic rings. The minimum atomic E-state index is -0.294. The lowest BCUT2D eigenvalue weighted by atomic mass is 10.0. The molecule has 1 aliphatic heterocycles. The van der Waals surface area contributed by atoms with Gasteiger partial charge in [-0.1, -0.05) is 97.1 Å². The first-order chi connectivity index (χ1) is 23.3. The molecule has 7 aromatic carbocycles. The lowest BCUT2D eigenvalue weighted by molar-refractivity contribution is 0.618. The first-order valence-corrected chi connectivity index (χ1v) is 16.7. The van der Waals surface area contributed by atoms with E-state index in [9.17, 15) is 0 Å². The first-order valence-electron chi connectivity index (χ1n) is 15.9. The highest BCUT2D eigenvalue weighted by molar-refractivity contribution is 7.25. The largest absolute Gasteiger partial charge is 0.436 e. The van der Waals surface area contributed by atoms with Gasteiger partial charge in [0.05, 0.1) is 16.7 Å². The Kier molecular flexibility index (Phi) is 5.02. The number of anilines is 1. The molecule has 0 radical (unpaired) electrons. The average Bonchev–Trinajstić information content (AvgIpc) is 3.78. The van der Waals surface area contributed by atoms with E-state index in [0.29, 0.717) is 5.88 Å². The molecule has 47 heavy (non-hydrogen) atoms. The average molecular weight is 620 g/mol. The Morgan fingerprint density at radius 3 is 2.19 bits per heavy atom. The van der Waals surface area contributed by atoms with Gasteiger partial charge in [-0.15, -0.1) is 11.3 Å². The van der Waals surface area contributed by atoms with Crippen LogP contribution < -0.4 is 5.32 Å². The number of hydrogen-bond acceptors (Lipinski definition) is 4. The van der Waals surface area contributed by atoms with Crippen LogP contribution in [-0.2, 0) is 0 Å². The number of thiophene rings is 1. The number of furan rings is 1. The lowest BCUT2D eigenvalue weighted by Crippen LogP contribution is -2.29. The summed E-state index contributed by atoms with van der Waals surface area (Å²) in [5.41, 5.74) is 6.08. The Hall–Kier alpha value is -5.91. The third-order valence-corrected chi connectivity index (χ3v) is 11.0. The first kappa shape index (κ1) is 25.3. The molecule has 1 atom stereocenters. The summed E-state index contributed by atoms with van der Waals surface area (Å²) >= 11 is 1.83. The van der Waals surface area contributed by atoms with Crippen LogP contribution in [0.15, 0.2) is 149 Å². The quantitative estimate of drug-likeness (QED) is 0.209. The summed E-state index contributed by atoms with van der Waals surface area (Å²) in [7, 11) is 0. The number of hydrogen-bond donors (Lipinski definition) is 1. The molecular weight excluding hydrogens is 595 g/mol. The number of rotatable bonds is 2. The zero-order valence-electron chi connectivity index (χ0n) is 25.1. The van der Waals surface area contributed by atoms with Crippen LogP contribution in [0.3, 0.4) is 0 Å². The maximum Gasteiger partial charge on any atom is 0.244 e. The second-order valence-electron chi connectivity index (χ2n) is 12.4. The van der Waals surface area contributed by atoms with Crippen molar-refractivity contribution in [2.75, 3.05) is 5.32 Å². The van der Waals surface area contributed by atoms with Crippen molar-refractivity contribution < 1.29 is 4.42 Å². The standard InChI is InChI=1S/C42H25N3OS/c1-2-11-26-22-34-32(21-25(26)10-1)38-28-12-4-3-9-24(28)18-20-33(38)45(34)41-39(44-42-40(43-41)31-14-5-7-15-35(31)46-42)27-17-19-30-29-13-6-8-16-36(29)47-37(30)23-27/h1-23,41,43H. The molecule has 4 heterocycles. The number of nitrogens with one attached hydrogen (secondary N) is 1. The number of aliphatic imine (C=N–C) groups is 1. The van der Waals surface area contributed by atoms with E-state index in [-0.39, 0.29) is 6.17 Å². The topological polar surface area (TPSA) is 42.5 Å². The van der Waals surface area contributed by atoms with E-state index in [1.54, 1.807) is 0 Å². The SMILES string of the molecule is c1ccc2cc3c(cc2c1)c1c2ccccc2ccc1n3C1Nc2c(oc3ccccc23)N=C1c1ccc2c(c1)sc1ccccc12. The normalized spacial score (nSPS) is 14.9. The predicted octanol–water partition coefficient (Wildman–Crippen LogP) is 12.0. The number of fused-ring (bicyclic) bond motifs is 12. The Morgan fingerprint density at radius 2 is 1.30 bits per heavy atom. The third-order valence-electron chi connectivity index (χ3n) is 9.83. The van der Waals surface area contributed by atoms with Crippen molar-refractivity contribution in [1.29, 1.82) is 0 Å². The molecule has 0 bridgehead atoms. The van der Waals surface area contributed by atoms with Crippen molar-refractivity contribution in [1.82, 2.24) is 4.57 Å². The molecule has 0 amide bonds. The van der Waals surface area contributed by atoms with Crippen LogP contribution in [0.25, 0.3) is 74.5 Å². The van der Waals surface area contributed by atoms with Gasteiger partial charge in [0.2, 0.25) is 5.88 Å². The monoisotopic (exact) mass is 619 g/mol. The summed E-state index contributed by atoms with van der Waals surface area (Å²) in [5, 5.41) is 15.0. The molecule has 0 aliphatic carbocycles. The van der Waals surface area contributed by atoms with E-state index in [1.165, 1.54) is 63.5 Å². The Morgan fingerprint density at radius 1 is 0.574 bits per heavy atom. The van der Waals surface area contributed by atoms with Gasteiger partial charge in [0.25, 0.3) is 0 Å². The van der Waals surface area contributed by atoms with E-state index in [0.717, 1.165) is 27.9 Å². The maximum atomic E-state index is 6.38. The highest BCUT2D eigenvalue weighted by Gasteiger charge is 2.32. The van der Waals surface area contributed by atoms with E-state index >= 15 is 0 Å². The van der Waals surface area contributed by atoms with Gasteiger partial charge in [-0.2, -0.15) is 0 Å². The fraction of sp³-hybridized carbons (Fsp3) is 0.0238. The van der Waals surface area contributed by atoms with Gasteiger partial charge in [0, 0.05) is 41.9 Å². The smallest absolute Gasteiger partial charge is 0.244 e. The van der Waals surface area contributed by atoms with Crippen LogP contribution in [0.5, 0.6) is 0 Å². The molecule has 11 rings (SSSR count). The van der Waals surface area contributed by atoms with Gasteiger partial charge in [0.1, 0.15) is 17.4 Å². The summed E-state index contributed by atoms with van der Waals surface area (Å²) in [6.45, 7) is 0. The van der Waals surface area contributed by atoms with E-state index < -0.39 is 0 Å². The van der Waals surface area contributed by atoms with Gasteiger partial charge in [-0.25, -0.2) is 4.99 Å². The van der Waals surface area contributed by atoms with Crippen LogP contribution >= 0.6 is 11.3 Å². The van der Waals surface area contributed by atoms with Crippen LogP contribution in [0.1, 0.15) is 11.7 Å². The minimum Gasteiger partial charge on any atom is -0.436 e. The molecule has 0 spiro atoms. The van der Waals surface area contributed by atoms with Crippen LogP contribution in [0, 0.1) is 0 Å². The Labute approximate surface area is 272 Å². The van der Waals surface area contributed by atoms with Crippen molar-refractivity contribution in [3.8, 4) is 0 Å². The zero-order valence-corrected chi connectivity index (χ0v) is 25.9. The van der Waals surface area contributed by atoms with Crippen LogP contribution in [-0.4, -0.2) is 10.3 Å². The van der Waals surface area contributed by atoms with Crippen molar-refractivity contribution in [2.24, 2.45) is 4.99 Å². The molecule has 1 unspecified atom stereocenters. The highest BCUT2D eigenvalue weighted by Crippen LogP contribution is 2.46. The van der Waals surface area contributed by atoms with Crippen molar-refractivity contribution in [2.45, 2.75) is 6.17 Å². The molecule has 4 nitrogen and oxygen atoms in total. The summed E-state index contributed by atoms with van der Waals surface area (Å²) in [6.07, 6.45) is -0.294. The summed E-state index contributed by atoms with van der Waals surface area (Å²) < 4.78 is 11.4. The highest BCUT2D eigenvalue weighted by atomic mass is 32.1. The minimum absolute atomic E-state index is 0.294. The Balaban J connectivity index is 1.25. The number of benzene rings is 7. The van der Waals surface area contributed by atoms with Crippen molar-refractivity contribution in [3.63, 3.8) is 0 Å². The van der Waals surface area contributed by atoms with E-state index in [4.69, 9.17) is 9.41 Å². The summed E-state index contributed by atoms with van der Waals surface area (Å²) in [4.78, 5) is 5.36. The molecule has 0 fully saturated rings. The predicted molar refractivity (Wildman–Crippen MR) is 199 cm³/mol. The summed E-state index contributed by atoms with van der Waals surface area (Å²) in [6, 6.07) is 50.2.